The number of benzene rings is 1. The van der Waals surface area contributed by atoms with E-state index in [1.54, 1.807) is 11.0 Å². The van der Waals surface area contributed by atoms with Crippen molar-refractivity contribution >= 4 is 11.9 Å². The number of hydrogen-bond donors (Lipinski definition) is 0. The summed E-state index contributed by atoms with van der Waals surface area (Å²) in [5.74, 6) is -4.60. The number of nitrogens with zero attached hydrogens (tertiary/aromatic N) is 1. The lowest BCUT2D eigenvalue weighted by Gasteiger charge is -2.35. The molecule has 27 heavy (non-hydrogen) atoms. The van der Waals surface area contributed by atoms with E-state index < -0.39 is 17.8 Å². The predicted molar refractivity (Wildman–Crippen MR) is 99.8 cm³/mol. The average molecular weight is 381 g/mol. The molecule has 1 aromatic rings. The summed E-state index contributed by atoms with van der Waals surface area (Å²) in [4.78, 5) is 25.8. The number of carbonyl (C=O) groups excluding carboxylic acids is 2. The van der Waals surface area contributed by atoms with E-state index in [1.807, 2.05) is 0 Å². The van der Waals surface area contributed by atoms with Gasteiger partial charge in [-0.25, -0.2) is 4.79 Å². The second-order valence-electron chi connectivity index (χ2n) is 7.07. The first-order valence-corrected chi connectivity index (χ1v) is 9.86. The molecule has 1 aliphatic rings. The minimum atomic E-state index is -3.50. The number of rotatable bonds is 11. The first kappa shape index (κ1) is 21.3. The fourth-order valence-corrected chi connectivity index (χ4v) is 3.39. The van der Waals surface area contributed by atoms with Gasteiger partial charge in [-0.05, 0) is 12.8 Å². The standard InChI is InChI=1S/C21H29F2NO3/c1-2-3-4-5-9-15-24-18(14-16-27-20(24)26)12-13-19(25)21(22,23)17-10-7-6-8-11-17/h6-8,10-11,18H,2-5,9,12-16H2,1H3/t18-/m0/s1. The molecule has 0 spiro atoms. The zero-order valence-electron chi connectivity index (χ0n) is 16.0. The molecule has 150 valence electrons. The van der Waals surface area contributed by atoms with Crippen molar-refractivity contribution in [1.82, 2.24) is 4.90 Å². The Labute approximate surface area is 159 Å². The SMILES string of the molecule is CCCCCCCN1C(=O)OCC[C@@H]1CCC(=O)C(F)(F)c1ccccc1. The third kappa shape index (κ3) is 6.01. The van der Waals surface area contributed by atoms with Gasteiger partial charge in [-0.15, -0.1) is 0 Å². The highest BCUT2D eigenvalue weighted by Gasteiger charge is 2.40. The Kier molecular flexibility index (Phi) is 8.20. The van der Waals surface area contributed by atoms with Gasteiger partial charge in [0.05, 0.1) is 6.61 Å². The largest absolute Gasteiger partial charge is 0.449 e. The number of ketones is 1. The molecule has 0 radical (unpaired) electrons. The lowest BCUT2D eigenvalue weighted by atomic mass is 9.97. The fourth-order valence-electron chi connectivity index (χ4n) is 3.39. The van der Waals surface area contributed by atoms with E-state index in [0.29, 0.717) is 13.0 Å². The summed E-state index contributed by atoms with van der Waals surface area (Å²) >= 11 is 0. The van der Waals surface area contributed by atoms with Crippen LogP contribution < -0.4 is 0 Å². The van der Waals surface area contributed by atoms with Crippen molar-refractivity contribution in [2.24, 2.45) is 0 Å². The number of alkyl halides is 2. The Morgan fingerprint density at radius 1 is 1.19 bits per heavy atom. The van der Waals surface area contributed by atoms with Crippen molar-refractivity contribution in [2.45, 2.75) is 70.3 Å². The summed E-state index contributed by atoms with van der Waals surface area (Å²) in [5.41, 5.74) is -0.286. The van der Waals surface area contributed by atoms with Crippen LogP contribution in [0, 0.1) is 0 Å². The van der Waals surface area contributed by atoms with Crippen LogP contribution >= 0.6 is 0 Å². The predicted octanol–water partition coefficient (Wildman–Crippen LogP) is 5.31. The quantitative estimate of drug-likeness (QED) is 0.488. The van der Waals surface area contributed by atoms with E-state index in [2.05, 4.69) is 6.92 Å². The lowest BCUT2D eigenvalue weighted by molar-refractivity contribution is -0.145. The van der Waals surface area contributed by atoms with E-state index in [-0.39, 0.29) is 31.1 Å². The van der Waals surface area contributed by atoms with Crippen LogP contribution in [0.5, 0.6) is 0 Å². The first-order chi connectivity index (χ1) is 13.0. The molecule has 1 aromatic carbocycles. The number of Topliss-reactive ketones (excluding diaryl/α,β-unsaturated/α-hetero) is 1. The molecule has 0 bridgehead atoms. The maximum atomic E-state index is 14.3. The van der Waals surface area contributed by atoms with Gasteiger partial charge in [0.2, 0.25) is 5.78 Å². The molecule has 0 aliphatic carbocycles. The Bertz CT molecular complexity index is 607. The molecule has 1 fully saturated rings. The van der Waals surface area contributed by atoms with E-state index >= 15 is 0 Å². The van der Waals surface area contributed by atoms with Crippen LogP contribution in [0.3, 0.4) is 0 Å². The second-order valence-corrected chi connectivity index (χ2v) is 7.07. The zero-order chi connectivity index (χ0) is 19.7. The van der Waals surface area contributed by atoms with Crippen LogP contribution in [0.25, 0.3) is 0 Å². The minimum absolute atomic E-state index is 0.215. The molecule has 4 nitrogen and oxygen atoms in total. The zero-order valence-corrected chi connectivity index (χ0v) is 16.0. The summed E-state index contributed by atoms with van der Waals surface area (Å²) in [6, 6.07) is 6.93. The maximum absolute atomic E-state index is 14.3. The van der Waals surface area contributed by atoms with Crippen molar-refractivity contribution in [3.05, 3.63) is 35.9 Å². The van der Waals surface area contributed by atoms with Crippen LogP contribution in [0.1, 0.15) is 63.9 Å². The van der Waals surface area contributed by atoms with E-state index in [4.69, 9.17) is 4.74 Å². The highest BCUT2D eigenvalue weighted by molar-refractivity contribution is 5.86. The number of unbranched alkanes of at least 4 members (excludes halogenated alkanes) is 4. The van der Waals surface area contributed by atoms with Crippen molar-refractivity contribution in [2.75, 3.05) is 13.2 Å². The second kappa shape index (κ2) is 10.4. The minimum Gasteiger partial charge on any atom is -0.449 e. The van der Waals surface area contributed by atoms with Gasteiger partial charge in [-0.2, -0.15) is 8.78 Å². The monoisotopic (exact) mass is 381 g/mol. The van der Waals surface area contributed by atoms with Crippen molar-refractivity contribution in [3.63, 3.8) is 0 Å². The van der Waals surface area contributed by atoms with E-state index in [0.717, 1.165) is 32.1 Å². The lowest BCUT2D eigenvalue weighted by Crippen LogP contribution is -2.46. The maximum Gasteiger partial charge on any atom is 0.410 e. The van der Waals surface area contributed by atoms with Crippen LogP contribution in [0.4, 0.5) is 13.6 Å². The van der Waals surface area contributed by atoms with Crippen LogP contribution in [0.2, 0.25) is 0 Å². The molecule has 0 unspecified atom stereocenters. The third-order valence-corrected chi connectivity index (χ3v) is 5.05. The van der Waals surface area contributed by atoms with Gasteiger partial charge in [0.15, 0.2) is 0 Å². The summed E-state index contributed by atoms with van der Waals surface area (Å²) in [6.07, 6.45) is 5.47. The number of cyclic esters (lactones) is 1. The van der Waals surface area contributed by atoms with Gasteiger partial charge < -0.3 is 9.64 Å². The van der Waals surface area contributed by atoms with Gasteiger partial charge in [-0.1, -0.05) is 62.9 Å². The first-order valence-electron chi connectivity index (χ1n) is 9.86. The molecule has 1 amide bonds. The topological polar surface area (TPSA) is 46.6 Å². The Balaban J connectivity index is 1.89. The molecule has 2 rings (SSSR count). The normalized spacial score (nSPS) is 17.7. The molecule has 0 N–H and O–H groups in total. The molecular weight excluding hydrogens is 352 g/mol. The number of hydrogen-bond acceptors (Lipinski definition) is 3. The van der Waals surface area contributed by atoms with E-state index in [1.165, 1.54) is 24.3 Å². The van der Waals surface area contributed by atoms with Gasteiger partial charge >= 0.3 is 12.0 Å². The van der Waals surface area contributed by atoms with Crippen LogP contribution in [0.15, 0.2) is 30.3 Å². The van der Waals surface area contributed by atoms with Crippen molar-refractivity contribution < 1.29 is 23.1 Å². The average Bonchev–Trinajstić information content (AvgIpc) is 2.68. The number of amides is 1. The van der Waals surface area contributed by atoms with E-state index in [9.17, 15) is 18.4 Å². The van der Waals surface area contributed by atoms with Crippen LogP contribution in [-0.4, -0.2) is 36.0 Å². The summed E-state index contributed by atoms with van der Waals surface area (Å²) in [5, 5.41) is 0. The Hall–Kier alpha value is -1.98. The Morgan fingerprint density at radius 3 is 2.59 bits per heavy atom. The van der Waals surface area contributed by atoms with Gasteiger partial charge in [0.25, 0.3) is 0 Å². The molecule has 6 heteroatoms. The smallest absolute Gasteiger partial charge is 0.410 e. The fraction of sp³-hybridized carbons (Fsp3) is 0.619. The van der Waals surface area contributed by atoms with Gasteiger partial charge in [0, 0.05) is 31.0 Å². The molecule has 1 saturated heterocycles. The Morgan fingerprint density at radius 2 is 1.89 bits per heavy atom. The highest BCUT2D eigenvalue weighted by atomic mass is 19.3. The number of carbonyl (C=O) groups is 2. The summed E-state index contributed by atoms with van der Waals surface area (Å²) in [6.45, 7) is 2.97. The van der Waals surface area contributed by atoms with Gasteiger partial charge in [-0.3, -0.25) is 4.79 Å². The molecular formula is C21H29F2NO3. The van der Waals surface area contributed by atoms with Crippen molar-refractivity contribution in [3.8, 4) is 0 Å². The van der Waals surface area contributed by atoms with Crippen LogP contribution in [-0.2, 0) is 15.5 Å². The highest BCUT2D eigenvalue weighted by Crippen LogP contribution is 2.31. The molecule has 1 aliphatic heterocycles. The number of halogens is 2. The molecule has 0 saturated carbocycles. The number of ether oxygens (including phenoxy) is 1. The summed E-state index contributed by atoms with van der Waals surface area (Å²) in [7, 11) is 0. The molecule has 0 aromatic heterocycles. The van der Waals surface area contributed by atoms with Gasteiger partial charge in [0.1, 0.15) is 0 Å². The summed E-state index contributed by atoms with van der Waals surface area (Å²) < 4.78 is 33.8. The molecule has 1 heterocycles. The van der Waals surface area contributed by atoms with Crippen molar-refractivity contribution in [1.29, 1.82) is 0 Å². The molecule has 1 atom stereocenters. The third-order valence-electron chi connectivity index (χ3n) is 5.05.